The maximum absolute atomic E-state index is 12.2. The fourth-order valence-corrected chi connectivity index (χ4v) is 5.63. The van der Waals surface area contributed by atoms with E-state index in [1.54, 1.807) is 0 Å². The third-order valence-electron chi connectivity index (χ3n) is 4.49. The van der Waals surface area contributed by atoms with E-state index < -0.39 is 9.84 Å². The molecule has 2 unspecified atom stereocenters. The van der Waals surface area contributed by atoms with E-state index in [4.69, 9.17) is 0 Å². The maximum atomic E-state index is 12.2. The minimum atomic E-state index is -2.92. The Hall–Kier alpha value is -1.68. The zero-order valence-corrected chi connectivity index (χ0v) is 11.8. The summed E-state index contributed by atoms with van der Waals surface area (Å²) < 4.78 is 24.3. The monoisotopic (exact) mass is 285 g/mol. The predicted octanol–water partition coefficient (Wildman–Crippen LogP) is 2.97. The number of nitrogens with zero attached hydrogens (tertiary/aromatic N) is 1. The van der Waals surface area contributed by atoms with E-state index in [-0.39, 0.29) is 10.5 Å². The molecule has 4 heteroatoms. The lowest BCUT2D eigenvalue weighted by molar-refractivity contribution is 0.585. The summed E-state index contributed by atoms with van der Waals surface area (Å²) in [5, 5.41) is 0.655. The van der Waals surface area contributed by atoms with Crippen LogP contribution in [-0.2, 0) is 9.84 Å². The number of hydrogen-bond acceptors (Lipinski definition) is 3. The number of hydrogen-bond donors (Lipinski definition) is 0. The first-order valence-corrected chi connectivity index (χ1v) is 8.55. The van der Waals surface area contributed by atoms with Gasteiger partial charge in [0.25, 0.3) is 0 Å². The van der Waals surface area contributed by atoms with Crippen LogP contribution in [0.1, 0.15) is 24.8 Å². The van der Waals surface area contributed by atoms with E-state index in [1.807, 2.05) is 36.5 Å². The third-order valence-corrected chi connectivity index (χ3v) is 7.04. The van der Waals surface area contributed by atoms with Crippen LogP contribution in [0.2, 0.25) is 0 Å². The SMILES string of the molecule is O=S1(=O)C2C=C(c3ccnc4ccccc34)CC1CC2. The highest BCUT2D eigenvalue weighted by Gasteiger charge is 2.43. The Labute approximate surface area is 118 Å². The fourth-order valence-electron chi connectivity index (χ4n) is 3.44. The van der Waals surface area contributed by atoms with Crippen LogP contribution >= 0.6 is 0 Å². The van der Waals surface area contributed by atoms with E-state index in [2.05, 4.69) is 11.1 Å². The first-order chi connectivity index (χ1) is 9.66. The summed E-state index contributed by atoms with van der Waals surface area (Å²) in [4.78, 5) is 4.37. The van der Waals surface area contributed by atoms with Gasteiger partial charge in [-0.1, -0.05) is 24.3 Å². The zero-order chi connectivity index (χ0) is 13.7. The van der Waals surface area contributed by atoms with Crippen molar-refractivity contribution >= 4 is 26.3 Å². The van der Waals surface area contributed by atoms with E-state index >= 15 is 0 Å². The van der Waals surface area contributed by atoms with Gasteiger partial charge in [0.1, 0.15) is 0 Å². The standard InChI is InChI=1S/C16H15NO2S/c18-20(19)12-5-6-13(20)10-11(9-12)14-7-8-17-16-4-2-1-3-15(14)16/h1-4,7-9,12-13H,5-6,10H2. The van der Waals surface area contributed by atoms with Crippen molar-refractivity contribution in [2.45, 2.75) is 29.8 Å². The lowest BCUT2D eigenvalue weighted by atomic mass is 9.97. The Kier molecular flexibility index (Phi) is 2.51. The highest BCUT2D eigenvalue weighted by atomic mass is 32.2. The van der Waals surface area contributed by atoms with E-state index in [0.29, 0.717) is 6.42 Å². The van der Waals surface area contributed by atoms with Crippen molar-refractivity contribution in [1.82, 2.24) is 4.98 Å². The smallest absolute Gasteiger partial charge is 0.159 e. The van der Waals surface area contributed by atoms with Crippen molar-refractivity contribution in [3.8, 4) is 0 Å². The second kappa shape index (κ2) is 4.16. The number of pyridine rings is 1. The lowest BCUT2D eigenvalue weighted by Gasteiger charge is -2.21. The number of benzene rings is 1. The van der Waals surface area contributed by atoms with Crippen LogP contribution in [0.4, 0.5) is 0 Å². The Morgan fingerprint density at radius 3 is 2.80 bits per heavy atom. The van der Waals surface area contributed by atoms with Crippen molar-refractivity contribution < 1.29 is 8.42 Å². The molecule has 3 nitrogen and oxygen atoms in total. The van der Waals surface area contributed by atoms with Gasteiger partial charge in [-0.05, 0) is 42.5 Å². The van der Waals surface area contributed by atoms with Crippen LogP contribution in [0, 0.1) is 0 Å². The van der Waals surface area contributed by atoms with Crippen molar-refractivity contribution in [1.29, 1.82) is 0 Å². The molecule has 0 amide bonds. The average molecular weight is 285 g/mol. The summed E-state index contributed by atoms with van der Waals surface area (Å²) in [7, 11) is -2.92. The molecule has 1 aromatic heterocycles. The average Bonchev–Trinajstić information content (AvgIpc) is 2.66. The van der Waals surface area contributed by atoms with Gasteiger partial charge >= 0.3 is 0 Å². The molecule has 4 rings (SSSR count). The van der Waals surface area contributed by atoms with Gasteiger partial charge in [-0.3, -0.25) is 4.98 Å². The minimum absolute atomic E-state index is 0.181. The van der Waals surface area contributed by atoms with Crippen molar-refractivity contribution in [3.05, 3.63) is 48.2 Å². The largest absolute Gasteiger partial charge is 0.256 e. The van der Waals surface area contributed by atoms with E-state index in [0.717, 1.165) is 29.3 Å². The van der Waals surface area contributed by atoms with Gasteiger partial charge in [0.15, 0.2) is 9.84 Å². The van der Waals surface area contributed by atoms with Crippen LogP contribution in [0.5, 0.6) is 0 Å². The molecule has 2 atom stereocenters. The molecule has 2 bridgehead atoms. The van der Waals surface area contributed by atoms with Crippen LogP contribution in [0.3, 0.4) is 0 Å². The summed E-state index contributed by atoms with van der Waals surface area (Å²) in [5.74, 6) is 0. The highest BCUT2D eigenvalue weighted by Crippen LogP contribution is 2.41. The molecule has 0 saturated carbocycles. The Morgan fingerprint density at radius 1 is 1.10 bits per heavy atom. The summed E-state index contributed by atoms with van der Waals surface area (Å²) >= 11 is 0. The topological polar surface area (TPSA) is 47.0 Å². The predicted molar refractivity (Wildman–Crippen MR) is 80.1 cm³/mol. The summed E-state index contributed by atoms with van der Waals surface area (Å²) in [5.41, 5.74) is 3.28. The molecule has 2 aliphatic heterocycles. The Balaban J connectivity index is 1.90. The lowest BCUT2D eigenvalue weighted by Crippen LogP contribution is -2.26. The summed E-state index contributed by atoms with van der Waals surface area (Å²) in [6.45, 7) is 0. The van der Waals surface area contributed by atoms with Gasteiger partial charge < -0.3 is 0 Å². The first-order valence-electron chi connectivity index (χ1n) is 6.94. The molecule has 0 spiro atoms. The molecule has 20 heavy (non-hydrogen) atoms. The minimum Gasteiger partial charge on any atom is -0.256 e. The molecule has 1 saturated heterocycles. The molecule has 0 N–H and O–H groups in total. The maximum Gasteiger partial charge on any atom is 0.159 e. The van der Waals surface area contributed by atoms with Gasteiger partial charge in [0, 0.05) is 11.6 Å². The fraction of sp³-hybridized carbons (Fsp3) is 0.312. The number of sulfone groups is 1. The van der Waals surface area contributed by atoms with Crippen molar-refractivity contribution in [2.75, 3.05) is 0 Å². The van der Waals surface area contributed by atoms with Gasteiger partial charge in [0.2, 0.25) is 0 Å². The quantitative estimate of drug-likeness (QED) is 0.809. The molecule has 1 fully saturated rings. The molecule has 1 aromatic carbocycles. The second-order valence-electron chi connectivity index (χ2n) is 5.60. The molecule has 3 heterocycles. The van der Waals surface area contributed by atoms with Crippen molar-refractivity contribution in [2.24, 2.45) is 0 Å². The van der Waals surface area contributed by atoms with Crippen LogP contribution in [0.25, 0.3) is 16.5 Å². The summed E-state index contributed by atoms with van der Waals surface area (Å²) in [6, 6.07) is 10.0. The molecule has 0 radical (unpaired) electrons. The van der Waals surface area contributed by atoms with Crippen molar-refractivity contribution in [3.63, 3.8) is 0 Å². The first kappa shape index (κ1) is 12.1. The molecule has 2 aromatic rings. The highest BCUT2D eigenvalue weighted by molar-refractivity contribution is 7.93. The Bertz CT molecular complexity index is 818. The van der Waals surface area contributed by atoms with Crippen LogP contribution in [-0.4, -0.2) is 23.9 Å². The Morgan fingerprint density at radius 2 is 1.95 bits per heavy atom. The van der Waals surface area contributed by atoms with Crippen LogP contribution in [0.15, 0.2) is 42.6 Å². The molecular formula is C16H15NO2S. The van der Waals surface area contributed by atoms with Gasteiger partial charge in [0.05, 0.1) is 16.0 Å². The third kappa shape index (κ3) is 1.64. The molecule has 0 aliphatic carbocycles. The normalized spacial score (nSPS) is 27.5. The van der Waals surface area contributed by atoms with E-state index in [1.165, 1.54) is 5.57 Å². The number of aromatic nitrogens is 1. The number of fused-ring (bicyclic) bond motifs is 3. The molecular weight excluding hydrogens is 270 g/mol. The second-order valence-corrected chi connectivity index (χ2v) is 8.05. The summed E-state index contributed by atoms with van der Waals surface area (Å²) in [6.07, 6.45) is 6.01. The van der Waals surface area contributed by atoms with Gasteiger partial charge in [-0.2, -0.15) is 0 Å². The molecule has 2 aliphatic rings. The number of allylic oxidation sites excluding steroid dienone is 1. The molecule has 102 valence electrons. The number of rotatable bonds is 1. The van der Waals surface area contributed by atoms with Crippen LogP contribution < -0.4 is 0 Å². The van der Waals surface area contributed by atoms with Gasteiger partial charge in [-0.15, -0.1) is 0 Å². The van der Waals surface area contributed by atoms with Gasteiger partial charge in [-0.25, -0.2) is 8.42 Å². The van der Waals surface area contributed by atoms with E-state index in [9.17, 15) is 8.42 Å². The number of para-hydroxylation sites is 1. The zero-order valence-electron chi connectivity index (χ0n) is 11.0.